The summed E-state index contributed by atoms with van der Waals surface area (Å²) in [6, 6.07) is 71.5. The average molecular weight is 756 g/mol. The molecular weight excluding hydrogens is 719 g/mol. The van der Waals surface area contributed by atoms with E-state index in [9.17, 15) is 0 Å². The first-order chi connectivity index (χ1) is 29.2. The number of benzene rings is 8. The molecule has 5 heteroatoms. The summed E-state index contributed by atoms with van der Waals surface area (Å²) >= 11 is 0. The Balaban J connectivity index is 1.06. The van der Waals surface area contributed by atoms with Gasteiger partial charge in [-0.15, -0.1) is 0 Å². The summed E-state index contributed by atoms with van der Waals surface area (Å²) in [6.45, 7) is 2.26. The number of anilines is 2. The van der Waals surface area contributed by atoms with Crippen molar-refractivity contribution in [3.05, 3.63) is 206 Å². The fourth-order valence-corrected chi connectivity index (χ4v) is 9.47. The van der Waals surface area contributed by atoms with Crippen LogP contribution < -0.4 is 5.32 Å². The predicted octanol–water partition coefficient (Wildman–Crippen LogP) is 14.1. The highest BCUT2D eigenvalue weighted by Gasteiger charge is 2.21. The Hall–Kier alpha value is -7.89. The summed E-state index contributed by atoms with van der Waals surface area (Å²) in [5.41, 5.74) is 13.8. The number of nitrogens with zero attached hydrogens (tertiary/aromatic N) is 4. The minimum Gasteiger partial charge on any atom is -0.355 e. The van der Waals surface area contributed by atoms with Crippen molar-refractivity contribution in [3.8, 4) is 28.5 Å². The van der Waals surface area contributed by atoms with E-state index in [0.717, 1.165) is 50.8 Å². The summed E-state index contributed by atoms with van der Waals surface area (Å²) in [6.07, 6.45) is 0. The summed E-state index contributed by atoms with van der Waals surface area (Å²) in [5, 5.41) is 10.9. The maximum absolute atomic E-state index is 5.54. The second kappa shape index (κ2) is 13.1. The van der Waals surface area contributed by atoms with E-state index >= 15 is 0 Å². The van der Waals surface area contributed by atoms with Crippen LogP contribution in [0.1, 0.15) is 5.56 Å². The third-order valence-electron chi connectivity index (χ3n) is 12.0. The van der Waals surface area contributed by atoms with Gasteiger partial charge in [-0.25, -0.2) is 4.98 Å². The summed E-state index contributed by atoms with van der Waals surface area (Å²) in [7, 11) is 0. The fourth-order valence-electron chi connectivity index (χ4n) is 9.47. The lowest BCUT2D eigenvalue weighted by molar-refractivity contribution is 1.01. The third kappa shape index (κ3) is 5.08. The Morgan fingerprint density at radius 3 is 1.59 bits per heavy atom. The van der Waals surface area contributed by atoms with Crippen LogP contribution >= 0.6 is 0 Å². The lowest BCUT2D eigenvalue weighted by Gasteiger charge is -2.15. The van der Waals surface area contributed by atoms with Crippen LogP contribution in [0, 0.1) is 6.92 Å². The van der Waals surface area contributed by atoms with Gasteiger partial charge in [0.05, 0.1) is 33.1 Å². The number of aromatic nitrogens is 4. The van der Waals surface area contributed by atoms with E-state index < -0.39 is 0 Å². The molecule has 4 heterocycles. The van der Waals surface area contributed by atoms with Gasteiger partial charge in [-0.05, 0) is 96.9 Å². The summed E-state index contributed by atoms with van der Waals surface area (Å²) < 4.78 is 7.07. The second-order valence-electron chi connectivity index (χ2n) is 15.3. The molecule has 0 saturated carbocycles. The van der Waals surface area contributed by atoms with Crippen LogP contribution in [-0.2, 0) is 0 Å². The maximum atomic E-state index is 5.54. The van der Waals surface area contributed by atoms with E-state index in [0.29, 0.717) is 0 Å². The molecule has 0 bridgehead atoms. The van der Waals surface area contributed by atoms with Crippen molar-refractivity contribution in [2.45, 2.75) is 6.92 Å². The largest absolute Gasteiger partial charge is 0.355 e. The number of aryl methyl sites for hydroxylation is 1. The molecule has 12 rings (SSSR count). The van der Waals surface area contributed by atoms with Gasteiger partial charge in [-0.2, -0.15) is 0 Å². The number of hydrogen-bond acceptors (Lipinski definition) is 2. The Labute approximate surface area is 340 Å². The van der Waals surface area contributed by atoms with Crippen molar-refractivity contribution >= 4 is 76.8 Å². The molecular formula is C54H37N5. The molecule has 0 saturated heterocycles. The first-order valence-corrected chi connectivity index (χ1v) is 20.1. The van der Waals surface area contributed by atoms with Crippen LogP contribution in [0.25, 0.3) is 93.9 Å². The number of nitrogens with one attached hydrogen (secondary N) is 1. The van der Waals surface area contributed by atoms with E-state index in [4.69, 9.17) is 4.98 Å². The Morgan fingerprint density at radius 2 is 0.898 bits per heavy atom. The first kappa shape index (κ1) is 33.3. The van der Waals surface area contributed by atoms with Crippen molar-refractivity contribution in [2.75, 3.05) is 5.32 Å². The van der Waals surface area contributed by atoms with Crippen LogP contribution in [0.3, 0.4) is 0 Å². The number of pyridine rings is 1. The molecule has 0 fully saturated rings. The van der Waals surface area contributed by atoms with Crippen LogP contribution in [0.4, 0.5) is 11.4 Å². The highest BCUT2D eigenvalue weighted by molar-refractivity contribution is 6.19. The molecule has 0 aliphatic carbocycles. The fraction of sp³-hybridized carbons (Fsp3) is 0.0185. The summed E-state index contributed by atoms with van der Waals surface area (Å²) in [5.74, 6) is 1.75. The van der Waals surface area contributed by atoms with Crippen LogP contribution in [0.5, 0.6) is 0 Å². The predicted molar refractivity (Wildman–Crippen MR) is 247 cm³/mol. The monoisotopic (exact) mass is 755 g/mol. The molecule has 0 aliphatic heterocycles. The molecule has 0 atom stereocenters. The van der Waals surface area contributed by atoms with Crippen LogP contribution in [0.15, 0.2) is 200 Å². The van der Waals surface area contributed by atoms with Gasteiger partial charge in [0.15, 0.2) is 0 Å². The van der Waals surface area contributed by atoms with Gasteiger partial charge in [-0.3, -0.25) is 9.13 Å². The van der Waals surface area contributed by atoms with E-state index in [1.807, 2.05) is 6.07 Å². The Kier molecular flexibility index (Phi) is 7.38. The van der Waals surface area contributed by atoms with E-state index in [1.165, 1.54) is 60.0 Å². The quantitative estimate of drug-likeness (QED) is 0.184. The first-order valence-electron chi connectivity index (χ1n) is 20.1. The van der Waals surface area contributed by atoms with Crippen LogP contribution in [-0.4, -0.2) is 18.7 Å². The highest BCUT2D eigenvalue weighted by Crippen LogP contribution is 2.42. The third-order valence-corrected chi connectivity index (χ3v) is 12.0. The topological polar surface area (TPSA) is 39.7 Å². The number of fused-ring (bicyclic) bond motifs is 9. The van der Waals surface area contributed by atoms with Gasteiger partial charge < -0.3 is 9.88 Å². The van der Waals surface area contributed by atoms with E-state index in [2.05, 4.69) is 220 Å². The lowest BCUT2D eigenvalue weighted by atomic mass is 9.95. The molecule has 0 aliphatic rings. The van der Waals surface area contributed by atoms with Gasteiger partial charge in [0.25, 0.3) is 0 Å². The molecule has 0 spiro atoms. The van der Waals surface area contributed by atoms with Crippen molar-refractivity contribution < 1.29 is 0 Å². The molecule has 4 aromatic heterocycles. The Bertz CT molecular complexity index is 3590. The highest BCUT2D eigenvalue weighted by atomic mass is 15.1. The summed E-state index contributed by atoms with van der Waals surface area (Å²) in [4.78, 5) is 5.54. The molecule has 8 aromatic carbocycles. The smallest absolute Gasteiger partial charge is 0.140 e. The second-order valence-corrected chi connectivity index (χ2v) is 15.3. The molecule has 59 heavy (non-hydrogen) atoms. The molecule has 1 N–H and O–H groups in total. The zero-order chi connectivity index (χ0) is 39.0. The van der Waals surface area contributed by atoms with Crippen LogP contribution in [0.2, 0.25) is 0 Å². The zero-order valence-electron chi connectivity index (χ0n) is 32.3. The van der Waals surface area contributed by atoms with Gasteiger partial charge in [0.2, 0.25) is 0 Å². The van der Waals surface area contributed by atoms with Gasteiger partial charge >= 0.3 is 0 Å². The van der Waals surface area contributed by atoms with Crippen molar-refractivity contribution in [1.82, 2.24) is 18.7 Å². The van der Waals surface area contributed by atoms with Crippen molar-refractivity contribution in [2.24, 2.45) is 0 Å². The van der Waals surface area contributed by atoms with Gasteiger partial charge in [0, 0.05) is 54.9 Å². The maximum Gasteiger partial charge on any atom is 0.140 e. The van der Waals surface area contributed by atoms with Crippen molar-refractivity contribution in [3.63, 3.8) is 0 Å². The standard InChI is InChI=1S/C54H37N5/c1-35-38(39-21-8-12-25-45(39)55-36-17-4-2-5-18-36)31-32-49-54(35)42-24-11-15-28-48(42)58(49)52-29-16-30-53(56-52)59-47-27-14-10-23-41(47)44-33-50-43(34-51(44)59)40-22-9-13-26-46(40)57(50)37-19-6-3-7-20-37/h2-34,55H,1H3. The number of para-hydroxylation sites is 6. The Morgan fingerprint density at radius 1 is 0.373 bits per heavy atom. The molecule has 0 radical (unpaired) electrons. The molecule has 278 valence electrons. The zero-order valence-corrected chi connectivity index (χ0v) is 32.3. The minimum absolute atomic E-state index is 0.875. The molecule has 0 amide bonds. The number of rotatable bonds is 6. The number of hydrogen-bond donors (Lipinski definition) is 1. The van der Waals surface area contributed by atoms with Crippen molar-refractivity contribution in [1.29, 1.82) is 0 Å². The van der Waals surface area contributed by atoms with E-state index in [-0.39, 0.29) is 0 Å². The lowest BCUT2D eigenvalue weighted by Crippen LogP contribution is -2.03. The molecule has 12 aromatic rings. The average Bonchev–Trinajstić information content (AvgIpc) is 3.92. The molecule has 0 unspecified atom stereocenters. The normalized spacial score (nSPS) is 11.8. The SMILES string of the molecule is Cc1c(-c2ccccc2Nc2ccccc2)ccc2c1c1ccccc1n2-c1cccc(-n2c3ccccc3c3cc4c(cc32)c2ccccc2n4-c2ccccc2)n1. The minimum atomic E-state index is 0.875. The van der Waals surface area contributed by atoms with E-state index in [1.54, 1.807) is 0 Å². The molecule has 5 nitrogen and oxygen atoms in total. The van der Waals surface area contributed by atoms with Gasteiger partial charge in [0.1, 0.15) is 11.6 Å². The van der Waals surface area contributed by atoms with Gasteiger partial charge in [-0.1, -0.05) is 121 Å².